The number of benzene rings is 2. The van der Waals surface area contributed by atoms with E-state index in [9.17, 15) is 9.18 Å². The fourth-order valence-corrected chi connectivity index (χ4v) is 4.25. The molecule has 29 heavy (non-hydrogen) atoms. The molecular formula is C21H15ClFN3O2S. The average Bonchev–Trinajstić information content (AvgIpc) is 3.08. The number of nitriles is 1. The third-order valence-electron chi connectivity index (χ3n) is 4.85. The van der Waals surface area contributed by atoms with Crippen molar-refractivity contribution in [3.63, 3.8) is 0 Å². The molecular weight excluding hydrogens is 413 g/mol. The summed E-state index contributed by atoms with van der Waals surface area (Å²) in [5.74, 6) is -0.593. The molecule has 0 saturated heterocycles. The minimum atomic E-state index is -0.572. The summed E-state index contributed by atoms with van der Waals surface area (Å²) in [6.45, 7) is 2.14. The maximum absolute atomic E-state index is 14.5. The zero-order valence-electron chi connectivity index (χ0n) is 15.4. The molecule has 0 N–H and O–H groups in total. The molecule has 8 heteroatoms. The van der Waals surface area contributed by atoms with Crippen LogP contribution in [-0.2, 0) is 6.42 Å². The molecule has 5 nitrogen and oxygen atoms in total. The Hall–Kier alpha value is -2.82. The highest BCUT2D eigenvalue weighted by Gasteiger charge is 2.31. The molecule has 0 spiro atoms. The number of anilines is 1. The highest BCUT2D eigenvalue weighted by Crippen LogP contribution is 2.37. The molecule has 0 aliphatic carbocycles. The number of aryl methyl sites for hydroxylation is 2. The first-order chi connectivity index (χ1) is 14.0. The van der Waals surface area contributed by atoms with Gasteiger partial charge in [0, 0.05) is 17.1 Å². The van der Waals surface area contributed by atoms with Crippen LogP contribution in [0.1, 0.15) is 28.1 Å². The first kappa shape index (κ1) is 19.5. The molecule has 0 bridgehead atoms. The van der Waals surface area contributed by atoms with Crippen LogP contribution in [0.15, 0.2) is 45.8 Å². The number of fused-ring (bicyclic) bond motifs is 1. The fourth-order valence-electron chi connectivity index (χ4n) is 3.55. The molecule has 4 rings (SSSR count). The zero-order chi connectivity index (χ0) is 20.5. The number of carbonyl (C=O) groups excluding carboxylic acids is 1. The van der Waals surface area contributed by atoms with Crippen molar-refractivity contribution in [3.8, 4) is 16.7 Å². The van der Waals surface area contributed by atoms with E-state index >= 15 is 0 Å². The van der Waals surface area contributed by atoms with Gasteiger partial charge in [-0.1, -0.05) is 22.8 Å². The Kier molecular flexibility index (Phi) is 5.31. The molecule has 2 heterocycles. The summed E-state index contributed by atoms with van der Waals surface area (Å²) < 4.78 is 19.7. The first-order valence-electron chi connectivity index (χ1n) is 8.92. The van der Waals surface area contributed by atoms with E-state index in [0.717, 1.165) is 40.7 Å². The van der Waals surface area contributed by atoms with Gasteiger partial charge < -0.3 is 9.42 Å². The maximum atomic E-state index is 14.5. The Balaban J connectivity index is 1.78. The largest absolute Gasteiger partial charge is 0.360 e. The highest BCUT2D eigenvalue weighted by molar-refractivity contribution is 8.03. The second kappa shape index (κ2) is 7.90. The van der Waals surface area contributed by atoms with Crippen molar-refractivity contribution in [2.45, 2.75) is 24.7 Å². The van der Waals surface area contributed by atoms with Crippen molar-refractivity contribution in [1.82, 2.24) is 5.16 Å². The number of aromatic nitrogens is 1. The zero-order valence-corrected chi connectivity index (χ0v) is 17.0. The molecule has 146 valence electrons. The number of hydrogen-bond acceptors (Lipinski definition) is 5. The summed E-state index contributed by atoms with van der Waals surface area (Å²) in [4.78, 5) is 16.0. The van der Waals surface area contributed by atoms with Gasteiger partial charge >= 0.3 is 0 Å². The van der Waals surface area contributed by atoms with Crippen LogP contribution < -0.4 is 4.90 Å². The van der Waals surface area contributed by atoms with Crippen LogP contribution in [0, 0.1) is 23.4 Å². The van der Waals surface area contributed by atoms with Crippen LogP contribution in [-0.4, -0.2) is 17.6 Å². The number of halogens is 2. The van der Waals surface area contributed by atoms with Gasteiger partial charge in [-0.3, -0.25) is 4.79 Å². The van der Waals surface area contributed by atoms with Gasteiger partial charge in [-0.25, -0.2) is 4.39 Å². The molecule has 1 aromatic heterocycles. The van der Waals surface area contributed by atoms with E-state index in [2.05, 4.69) is 10.6 Å². The molecule has 0 radical (unpaired) electrons. The molecule has 0 saturated carbocycles. The molecule has 0 atom stereocenters. The summed E-state index contributed by atoms with van der Waals surface area (Å²) >= 11 is 7.27. The van der Waals surface area contributed by atoms with Gasteiger partial charge in [0.15, 0.2) is 0 Å². The van der Waals surface area contributed by atoms with E-state index in [-0.39, 0.29) is 27.8 Å². The maximum Gasteiger partial charge on any atom is 0.264 e. The van der Waals surface area contributed by atoms with Crippen LogP contribution in [0.3, 0.4) is 0 Å². The fraction of sp³-hybridized carbons (Fsp3) is 0.190. The van der Waals surface area contributed by atoms with Crippen molar-refractivity contribution >= 4 is 35.0 Å². The Bertz CT molecular complexity index is 1140. The quantitative estimate of drug-likeness (QED) is 0.401. The van der Waals surface area contributed by atoms with Gasteiger partial charge in [0.25, 0.3) is 5.91 Å². The lowest BCUT2D eigenvalue weighted by atomic mass is 9.99. The minimum absolute atomic E-state index is 0.0485. The van der Waals surface area contributed by atoms with E-state index in [1.165, 1.54) is 12.1 Å². The van der Waals surface area contributed by atoms with Crippen molar-refractivity contribution in [2.75, 3.05) is 11.4 Å². The van der Waals surface area contributed by atoms with Crippen molar-refractivity contribution < 1.29 is 13.7 Å². The van der Waals surface area contributed by atoms with Gasteiger partial charge in [-0.2, -0.15) is 5.26 Å². The van der Waals surface area contributed by atoms with Crippen LogP contribution >= 0.6 is 23.4 Å². The van der Waals surface area contributed by atoms with Gasteiger partial charge in [0.2, 0.25) is 0 Å². The number of nitrogens with zero attached hydrogens (tertiary/aromatic N) is 3. The monoisotopic (exact) mass is 427 g/mol. The highest BCUT2D eigenvalue weighted by atomic mass is 35.5. The first-order valence-corrected chi connectivity index (χ1v) is 10.1. The lowest BCUT2D eigenvalue weighted by Crippen LogP contribution is -2.36. The summed E-state index contributed by atoms with van der Waals surface area (Å²) in [5, 5.41) is 15.0. The SMILES string of the molecule is Cc1onc(-c2c(F)cccc2Cl)c1C(=O)N1CCCc2cc(SC#N)ccc21. The number of thioether (sulfide) groups is 1. The molecule has 1 aliphatic rings. The number of rotatable bonds is 3. The topological polar surface area (TPSA) is 70.1 Å². The van der Waals surface area contributed by atoms with Crippen molar-refractivity contribution in [3.05, 3.63) is 64.1 Å². The lowest BCUT2D eigenvalue weighted by molar-refractivity contribution is 0.0984. The predicted octanol–water partition coefficient (Wildman–Crippen LogP) is 5.61. The molecule has 0 unspecified atom stereocenters. The number of carbonyl (C=O) groups is 1. The van der Waals surface area contributed by atoms with Crippen LogP contribution in [0.5, 0.6) is 0 Å². The van der Waals surface area contributed by atoms with Crippen LogP contribution in [0.25, 0.3) is 11.3 Å². The smallest absolute Gasteiger partial charge is 0.264 e. The summed E-state index contributed by atoms with van der Waals surface area (Å²) in [5.41, 5.74) is 2.10. The van der Waals surface area contributed by atoms with Crippen molar-refractivity contribution in [2.24, 2.45) is 0 Å². The number of amides is 1. The van der Waals surface area contributed by atoms with E-state index < -0.39 is 5.82 Å². The molecule has 0 fully saturated rings. The Labute approximate surface area is 176 Å². The lowest BCUT2D eigenvalue weighted by Gasteiger charge is -2.29. The minimum Gasteiger partial charge on any atom is -0.360 e. The van der Waals surface area contributed by atoms with Crippen LogP contribution in [0.2, 0.25) is 5.02 Å². The van der Waals surface area contributed by atoms with Crippen molar-refractivity contribution in [1.29, 1.82) is 5.26 Å². The Morgan fingerprint density at radius 3 is 2.97 bits per heavy atom. The normalized spacial score (nSPS) is 13.1. The summed E-state index contributed by atoms with van der Waals surface area (Å²) in [7, 11) is 0. The van der Waals surface area contributed by atoms with E-state index in [1.54, 1.807) is 17.9 Å². The third-order valence-corrected chi connectivity index (χ3v) is 5.75. The average molecular weight is 428 g/mol. The molecule has 1 amide bonds. The molecule has 3 aromatic rings. The summed E-state index contributed by atoms with van der Waals surface area (Å²) in [6, 6.07) is 9.89. The van der Waals surface area contributed by atoms with Gasteiger partial charge in [0.05, 0.1) is 10.6 Å². The Morgan fingerprint density at radius 1 is 1.38 bits per heavy atom. The van der Waals surface area contributed by atoms with Crippen LogP contribution in [0.4, 0.5) is 10.1 Å². The second-order valence-corrected chi connectivity index (χ2v) is 7.87. The standard InChI is InChI=1S/C21H15ClFN3O2S/c1-12-18(20(25-28-12)19-15(22)5-2-6-16(19)23)21(27)26-9-3-4-13-10-14(29-11-24)7-8-17(13)26/h2,5-8,10H,3-4,9H2,1H3. The number of thiocyanates is 1. The van der Waals surface area contributed by atoms with Gasteiger partial charge in [-0.05, 0) is 67.4 Å². The van der Waals surface area contributed by atoms with Gasteiger partial charge in [-0.15, -0.1) is 0 Å². The van der Waals surface area contributed by atoms with E-state index in [0.29, 0.717) is 12.3 Å². The third kappa shape index (κ3) is 3.50. The second-order valence-electron chi connectivity index (χ2n) is 6.60. The Morgan fingerprint density at radius 2 is 2.21 bits per heavy atom. The van der Waals surface area contributed by atoms with E-state index in [1.807, 2.05) is 18.2 Å². The predicted molar refractivity (Wildman–Crippen MR) is 110 cm³/mol. The summed E-state index contributed by atoms with van der Waals surface area (Å²) in [6.07, 6.45) is 1.59. The molecule has 1 aliphatic heterocycles. The van der Waals surface area contributed by atoms with Gasteiger partial charge in [0.1, 0.15) is 28.2 Å². The number of hydrogen-bond donors (Lipinski definition) is 0. The molecule has 2 aromatic carbocycles. The van der Waals surface area contributed by atoms with E-state index in [4.69, 9.17) is 21.4 Å².